The van der Waals surface area contributed by atoms with Gasteiger partial charge < -0.3 is 24.0 Å². The zero-order valence-corrected chi connectivity index (χ0v) is 18.9. The number of hydrogen-bond acceptors (Lipinski definition) is 7. The van der Waals surface area contributed by atoms with E-state index in [1.165, 1.54) is 23.3 Å². The molecule has 11 heteroatoms. The van der Waals surface area contributed by atoms with Crippen LogP contribution < -0.4 is 4.74 Å². The topological polar surface area (TPSA) is 103 Å². The third-order valence-corrected chi connectivity index (χ3v) is 5.59. The molecule has 1 N–H and O–H groups in total. The Morgan fingerprint density at radius 2 is 2.06 bits per heavy atom. The second-order valence-electron chi connectivity index (χ2n) is 7.63. The number of aromatic nitrogens is 2. The van der Waals surface area contributed by atoms with Gasteiger partial charge in [0.1, 0.15) is 18.2 Å². The molecule has 1 aliphatic rings. The van der Waals surface area contributed by atoms with Gasteiger partial charge in [-0.2, -0.15) is 0 Å². The molecular formula is C23H21ClFN3O6. The second-order valence-corrected chi connectivity index (χ2v) is 8.06. The van der Waals surface area contributed by atoms with Crippen LogP contribution >= 0.6 is 11.6 Å². The van der Waals surface area contributed by atoms with Gasteiger partial charge >= 0.3 is 12.1 Å². The van der Waals surface area contributed by atoms with Gasteiger partial charge in [-0.3, -0.25) is 0 Å². The highest BCUT2D eigenvalue weighted by atomic mass is 35.5. The molecule has 2 aromatic carbocycles. The second kappa shape index (κ2) is 10.1. The van der Waals surface area contributed by atoms with E-state index in [9.17, 15) is 14.0 Å². The SMILES string of the molecule is Cn1cncc1COC(=O)ON1CCc2cc(F)ccc2[C@H]1c1cc(Cl)ccc1OCC(=O)O. The molecular weight excluding hydrogens is 469 g/mol. The summed E-state index contributed by atoms with van der Waals surface area (Å²) in [4.78, 5) is 33.1. The standard InChI is InChI=1S/C23H21ClFN3O6/c1-27-13-26-10-17(27)11-33-23(31)34-28-7-6-14-8-16(25)3-4-18(14)22(28)19-9-15(24)2-5-20(19)32-12-21(29)30/h2-5,8-10,13,22H,6-7,11-12H2,1H3,(H,29,30)/t22-/m0/s1. The van der Waals surface area contributed by atoms with Crippen LogP contribution in [0.15, 0.2) is 48.9 Å². The van der Waals surface area contributed by atoms with E-state index in [4.69, 9.17) is 31.0 Å². The Hall–Kier alpha value is -3.63. The Labute approximate surface area is 199 Å². The Kier molecular flexibility index (Phi) is 6.99. The van der Waals surface area contributed by atoms with Crippen LogP contribution in [0.4, 0.5) is 9.18 Å². The van der Waals surface area contributed by atoms with Gasteiger partial charge in [-0.25, -0.2) is 19.0 Å². The zero-order valence-electron chi connectivity index (χ0n) is 18.1. The van der Waals surface area contributed by atoms with E-state index < -0.39 is 30.6 Å². The molecule has 0 fully saturated rings. The molecule has 34 heavy (non-hydrogen) atoms. The lowest BCUT2D eigenvalue weighted by molar-refractivity contribution is -0.152. The van der Waals surface area contributed by atoms with Crippen molar-refractivity contribution < 1.29 is 33.4 Å². The van der Waals surface area contributed by atoms with Gasteiger partial charge in [-0.15, -0.1) is 5.06 Å². The van der Waals surface area contributed by atoms with Crippen molar-refractivity contribution in [1.29, 1.82) is 0 Å². The van der Waals surface area contributed by atoms with Gasteiger partial charge in [0.05, 0.1) is 24.3 Å². The Morgan fingerprint density at radius 3 is 2.79 bits per heavy atom. The normalized spacial score (nSPS) is 15.4. The number of benzene rings is 2. The fourth-order valence-corrected chi connectivity index (χ4v) is 3.96. The van der Waals surface area contributed by atoms with Crippen molar-refractivity contribution in [3.05, 3.63) is 82.1 Å². The van der Waals surface area contributed by atoms with Crippen LogP contribution in [0.5, 0.6) is 5.75 Å². The minimum Gasteiger partial charge on any atom is -0.482 e. The lowest BCUT2D eigenvalue weighted by Crippen LogP contribution is -2.38. The number of fused-ring (bicyclic) bond motifs is 1. The van der Waals surface area contributed by atoms with Crippen LogP contribution in [0, 0.1) is 5.82 Å². The van der Waals surface area contributed by atoms with E-state index in [1.807, 2.05) is 0 Å². The molecule has 178 valence electrons. The van der Waals surface area contributed by atoms with Crippen molar-refractivity contribution in [3.8, 4) is 5.75 Å². The third-order valence-electron chi connectivity index (χ3n) is 5.35. The molecule has 9 nitrogen and oxygen atoms in total. The van der Waals surface area contributed by atoms with Gasteiger partial charge in [0.25, 0.3) is 0 Å². The molecule has 0 radical (unpaired) electrons. The molecule has 2 heterocycles. The quantitative estimate of drug-likeness (QED) is 0.498. The summed E-state index contributed by atoms with van der Waals surface area (Å²) in [6, 6.07) is 8.27. The van der Waals surface area contributed by atoms with Crippen LogP contribution in [0.2, 0.25) is 5.02 Å². The number of carboxylic acids is 1. The van der Waals surface area contributed by atoms with Crippen molar-refractivity contribution in [1.82, 2.24) is 14.6 Å². The molecule has 1 atom stereocenters. The van der Waals surface area contributed by atoms with Crippen molar-refractivity contribution in [2.24, 2.45) is 7.05 Å². The Balaban J connectivity index is 1.65. The first-order valence-electron chi connectivity index (χ1n) is 10.3. The molecule has 4 rings (SSSR count). The molecule has 1 aromatic heterocycles. The van der Waals surface area contributed by atoms with E-state index in [1.54, 1.807) is 42.3 Å². The average Bonchev–Trinajstić information content (AvgIpc) is 3.21. The molecule has 0 spiro atoms. The van der Waals surface area contributed by atoms with Crippen molar-refractivity contribution in [2.45, 2.75) is 19.1 Å². The van der Waals surface area contributed by atoms with Crippen LogP contribution in [0.25, 0.3) is 0 Å². The van der Waals surface area contributed by atoms with Crippen LogP contribution in [0.1, 0.15) is 28.4 Å². The smallest absolute Gasteiger partial charge is 0.482 e. The first-order valence-corrected chi connectivity index (χ1v) is 10.7. The predicted octanol–water partition coefficient (Wildman–Crippen LogP) is 3.89. The highest BCUT2D eigenvalue weighted by molar-refractivity contribution is 6.30. The number of halogens is 2. The number of ether oxygens (including phenoxy) is 2. The molecule has 1 aliphatic heterocycles. The number of carbonyl (C=O) groups excluding carboxylic acids is 1. The van der Waals surface area contributed by atoms with Crippen LogP contribution in [-0.4, -0.2) is 45.0 Å². The minimum atomic E-state index is -1.15. The van der Waals surface area contributed by atoms with Crippen molar-refractivity contribution in [3.63, 3.8) is 0 Å². The summed E-state index contributed by atoms with van der Waals surface area (Å²) < 4.78 is 26.3. The summed E-state index contributed by atoms with van der Waals surface area (Å²) in [5.74, 6) is -1.31. The van der Waals surface area contributed by atoms with Crippen molar-refractivity contribution >= 4 is 23.7 Å². The summed E-state index contributed by atoms with van der Waals surface area (Å²) in [7, 11) is 1.77. The van der Waals surface area contributed by atoms with E-state index in [-0.39, 0.29) is 18.9 Å². The third kappa shape index (κ3) is 5.29. The fourth-order valence-electron chi connectivity index (χ4n) is 3.78. The Bertz CT molecular complexity index is 1220. The summed E-state index contributed by atoms with van der Waals surface area (Å²) in [6.07, 6.45) is 2.62. The fraction of sp³-hybridized carbons (Fsp3) is 0.261. The molecule has 0 bridgehead atoms. The van der Waals surface area contributed by atoms with Gasteiger partial charge in [0.15, 0.2) is 6.61 Å². The van der Waals surface area contributed by atoms with Gasteiger partial charge in [-0.05, 0) is 47.9 Å². The van der Waals surface area contributed by atoms with E-state index >= 15 is 0 Å². The number of hydroxylamine groups is 2. The maximum absolute atomic E-state index is 13.9. The van der Waals surface area contributed by atoms with E-state index in [0.717, 1.165) is 5.56 Å². The highest BCUT2D eigenvalue weighted by Gasteiger charge is 2.34. The number of aryl methyl sites for hydroxylation is 1. The predicted molar refractivity (Wildman–Crippen MR) is 118 cm³/mol. The van der Waals surface area contributed by atoms with Gasteiger partial charge in [0, 0.05) is 24.2 Å². The summed E-state index contributed by atoms with van der Waals surface area (Å²) in [5, 5.41) is 10.8. The van der Waals surface area contributed by atoms with Crippen LogP contribution in [-0.2, 0) is 34.4 Å². The number of imidazole rings is 1. The number of carboxylic acid groups (broad SMARTS) is 1. The van der Waals surface area contributed by atoms with E-state index in [2.05, 4.69) is 4.98 Å². The summed E-state index contributed by atoms with van der Waals surface area (Å²) in [6.45, 7) is -0.391. The summed E-state index contributed by atoms with van der Waals surface area (Å²) in [5.41, 5.74) is 2.51. The number of nitrogens with zero attached hydrogens (tertiary/aromatic N) is 3. The first kappa shape index (κ1) is 23.5. The average molecular weight is 490 g/mol. The highest BCUT2D eigenvalue weighted by Crippen LogP contribution is 2.41. The minimum absolute atomic E-state index is 0.0419. The molecule has 0 unspecified atom stereocenters. The zero-order chi connectivity index (χ0) is 24.2. The molecule has 0 saturated carbocycles. The van der Waals surface area contributed by atoms with Crippen molar-refractivity contribution in [2.75, 3.05) is 13.2 Å². The number of hydrogen-bond donors (Lipinski definition) is 1. The first-order chi connectivity index (χ1) is 16.3. The number of carbonyl (C=O) groups is 2. The Morgan fingerprint density at radius 1 is 1.24 bits per heavy atom. The lowest BCUT2D eigenvalue weighted by Gasteiger charge is -2.36. The lowest BCUT2D eigenvalue weighted by atomic mass is 9.89. The molecule has 0 saturated heterocycles. The molecule has 0 amide bonds. The monoisotopic (exact) mass is 489 g/mol. The van der Waals surface area contributed by atoms with E-state index in [0.29, 0.717) is 28.3 Å². The molecule has 0 aliphatic carbocycles. The maximum Gasteiger partial charge on any atom is 0.528 e. The largest absolute Gasteiger partial charge is 0.528 e. The van der Waals surface area contributed by atoms with Gasteiger partial charge in [-0.1, -0.05) is 17.7 Å². The maximum atomic E-state index is 13.9. The summed E-state index contributed by atoms with van der Waals surface area (Å²) >= 11 is 6.24. The van der Waals surface area contributed by atoms with Crippen LogP contribution in [0.3, 0.4) is 0 Å². The van der Waals surface area contributed by atoms with Gasteiger partial charge in [0.2, 0.25) is 0 Å². The molecule has 3 aromatic rings. The number of aliphatic carboxylic acids is 1. The number of rotatable bonds is 7.